The number of para-hydroxylation sites is 1. The fraction of sp³-hybridized carbons (Fsp3) is 0.188. The molecule has 0 aliphatic rings. The summed E-state index contributed by atoms with van der Waals surface area (Å²) in [5, 5.41) is 0. The second-order valence-corrected chi connectivity index (χ2v) is 4.79. The molecule has 102 valence electrons. The smallest absolute Gasteiger partial charge is 0.201 e. The molecule has 0 amide bonds. The first-order valence-electron chi connectivity index (χ1n) is 6.67. The van der Waals surface area contributed by atoms with E-state index in [9.17, 15) is 4.39 Å². The van der Waals surface area contributed by atoms with Gasteiger partial charge in [0.25, 0.3) is 0 Å². The fourth-order valence-corrected chi connectivity index (χ4v) is 2.52. The topological polar surface area (TPSA) is 43.8 Å². The number of halogens is 1. The van der Waals surface area contributed by atoms with Crippen LogP contribution in [0.2, 0.25) is 0 Å². The largest absolute Gasteiger partial charge is 0.369 e. The zero-order chi connectivity index (χ0) is 14.1. The molecule has 4 heteroatoms. The lowest BCUT2D eigenvalue weighted by molar-refractivity contribution is 0.637. The van der Waals surface area contributed by atoms with E-state index in [1.165, 1.54) is 17.2 Å². The predicted octanol–water partition coefficient (Wildman–Crippen LogP) is 3.37. The van der Waals surface area contributed by atoms with Crippen LogP contribution in [0.4, 0.5) is 10.3 Å². The lowest BCUT2D eigenvalue weighted by Gasteiger charge is -2.10. The first-order valence-corrected chi connectivity index (χ1v) is 6.67. The quantitative estimate of drug-likeness (QED) is 0.792. The number of imidazole rings is 1. The summed E-state index contributed by atoms with van der Waals surface area (Å²) in [7, 11) is 0. The van der Waals surface area contributed by atoms with Crippen molar-refractivity contribution in [1.29, 1.82) is 0 Å². The van der Waals surface area contributed by atoms with Crippen LogP contribution >= 0.6 is 0 Å². The molecule has 0 bridgehead atoms. The third-order valence-electron chi connectivity index (χ3n) is 3.59. The summed E-state index contributed by atoms with van der Waals surface area (Å²) in [5.74, 6) is 0.00716. The van der Waals surface area contributed by atoms with Gasteiger partial charge >= 0.3 is 0 Å². The van der Waals surface area contributed by atoms with Crippen LogP contribution in [0.5, 0.6) is 0 Å². The Kier molecular flexibility index (Phi) is 3.14. The van der Waals surface area contributed by atoms with E-state index in [0.717, 1.165) is 11.9 Å². The number of anilines is 1. The van der Waals surface area contributed by atoms with E-state index >= 15 is 0 Å². The second kappa shape index (κ2) is 4.96. The van der Waals surface area contributed by atoms with E-state index < -0.39 is 0 Å². The maximum absolute atomic E-state index is 13.7. The van der Waals surface area contributed by atoms with E-state index in [4.69, 9.17) is 5.73 Å². The number of hydrogen-bond acceptors (Lipinski definition) is 2. The summed E-state index contributed by atoms with van der Waals surface area (Å²) in [6.07, 6.45) is 0.955. The van der Waals surface area contributed by atoms with Gasteiger partial charge in [-0.05, 0) is 29.7 Å². The van der Waals surface area contributed by atoms with Gasteiger partial charge in [-0.2, -0.15) is 0 Å². The number of rotatable bonds is 3. The lowest BCUT2D eigenvalue weighted by Crippen LogP contribution is -2.06. The van der Waals surface area contributed by atoms with Gasteiger partial charge in [-0.1, -0.05) is 37.3 Å². The summed E-state index contributed by atoms with van der Waals surface area (Å²) < 4.78 is 15.6. The number of fused-ring (bicyclic) bond motifs is 1. The van der Waals surface area contributed by atoms with E-state index in [2.05, 4.69) is 24.0 Å². The van der Waals surface area contributed by atoms with Gasteiger partial charge in [0.2, 0.25) is 5.95 Å². The Morgan fingerprint density at radius 1 is 1.10 bits per heavy atom. The highest BCUT2D eigenvalue weighted by molar-refractivity contribution is 5.79. The van der Waals surface area contributed by atoms with Crippen molar-refractivity contribution in [1.82, 2.24) is 9.55 Å². The zero-order valence-corrected chi connectivity index (χ0v) is 11.3. The standard InChI is InChI=1S/C16H16FN3/c1-2-11-6-3-4-7-12(11)10-20-14-9-5-8-13(17)15(14)19-16(20)18/h3-9H,2,10H2,1H3,(H2,18,19). The molecule has 0 unspecified atom stereocenters. The minimum absolute atomic E-state index is 0.332. The highest BCUT2D eigenvalue weighted by atomic mass is 19.1. The van der Waals surface area contributed by atoms with E-state index in [1.54, 1.807) is 6.07 Å². The predicted molar refractivity (Wildman–Crippen MR) is 79.0 cm³/mol. The van der Waals surface area contributed by atoms with Gasteiger partial charge in [0, 0.05) is 0 Å². The first kappa shape index (κ1) is 12.7. The zero-order valence-electron chi connectivity index (χ0n) is 11.3. The number of nitrogens with zero attached hydrogens (tertiary/aromatic N) is 2. The first-order chi connectivity index (χ1) is 9.70. The van der Waals surface area contributed by atoms with Gasteiger partial charge in [0.1, 0.15) is 5.52 Å². The van der Waals surface area contributed by atoms with Crippen LogP contribution in [-0.2, 0) is 13.0 Å². The van der Waals surface area contributed by atoms with Crippen LogP contribution in [0.3, 0.4) is 0 Å². The Morgan fingerprint density at radius 3 is 2.60 bits per heavy atom. The molecule has 3 nitrogen and oxygen atoms in total. The molecule has 3 rings (SSSR count). The molecule has 3 aromatic rings. The Bertz CT molecular complexity index is 762. The molecule has 0 atom stereocenters. The Balaban J connectivity index is 2.11. The van der Waals surface area contributed by atoms with Crippen molar-refractivity contribution in [2.24, 2.45) is 0 Å². The SMILES string of the molecule is CCc1ccccc1Cn1c(N)nc2c(F)cccc21. The summed E-state index contributed by atoms with van der Waals surface area (Å²) >= 11 is 0. The van der Waals surface area contributed by atoms with Crippen molar-refractivity contribution in [3.05, 3.63) is 59.4 Å². The van der Waals surface area contributed by atoms with Crippen molar-refractivity contribution in [3.63, 3.8) is 0 Å². The molecule has 0 saturated carbocycles. The van der Waals surface area contributed by atoms with E-state index in [0.29, 0.717) is 18.0 Å². The number of nitrogen functional groups attached to an aromatic ring is 1. The van der Waals surface area contributed by atoms with Gasteiger partial charge in [0.05, 0.1) is 12.1 Å². The monoisotopic (exact) mass is 269 g/mol. The fourth-order valence-electron chi connectivity index (χ4n) is 2.52. The van der Waals surface area contributed by atoms with Crippen molar-refractivity contribution in [3.8, 4) is 0 Å². The number of benzene rings is 2. The molecular weight excluding hydrogens is 253 g/mol. The highest BCUT2D eigenvalue weighted by Crippen LogP contribution is 2.22. The molecule has 1 heterocycles. The van der Waals surface area contributed by atoms with Gasteiger partial charge in [-0.3, -0.25) is 0 Å². The Morgan fingerprint density at radius 2 is 1.85 bits per heavy atom. The molecule has 0 radical (unpaired) electrons. The van der Waals surface area contributed by atoms with Gasteiger partial charge < -0.3 is 10.3 Å². The maximum Gasteiger partial charge on any atom is 0.201 e. The van der Waals surface area contributed by atoms with Crippen LogP contribution in [0, 0.1) is 5.82 Å². The molecule has 0 saturated heterocycles. The Hall–Kier alpha value is -2.36. The molecule has 2 aromatic carbocycles. The number of nitrogens with two attached hydrogens (primary N) is 1. The average Bonchev–Trinajstić information content (AvgIpc) is 2.78. The minimum Gasteiger partial charge on any atom is -0.369 e. The van der Waals surface area contributed by atoms with Gasteiger partial charge in [0.15, 0.2) is 5.82 Å². The molecule has 20 heavy (non-hydrogen) atoms. The second-order valence-electron chi connectivity index (χ2n) is 4.79. The third-order valence-corrected chi connectivity index (χ3v) is 3.59. The van der Waals surface area contributed by atoms with Crippen LogP contribution in [-0.4, -0.2) is 9.55 Å². The summed E-state index contributed by atoms with van der Waals surface area (Å²) in [4.78, 5) is 4.13. The van der Waals surface area contributed by atoms with Crippen molar-refractivity contribution >= 4 is 17.0 Å². The maximum atomic E-state index is 13.7. The summed E-state index contributed by atoms with van der Waals surface area (Å²) in [6, 6.07) is 13.1. The van der Waals surface area contributed by atoms with E-state index in [-0.39, 0.29) is 5.82 Å². The van der Waals surface area contributed by atoms with E-state index in [1.807, 2.05) is 22.8 Å². The molecular formula is C16H16FN3. The molecule has 1 aromatic heterocycles. The number of hydrogen-bond donors (Lipinski definition) is 1. The van der Waals surface area contributed by atoms with Crippen molar-refractivity contribution in [2.75, 3.05) is 5.73 Å². The van der Waals surface area contributed by atoms with Gasteiger partial charge in [-0.15, -0.1) is 0 Å². The Labute approximate surface area is 116 Å². The summed E-state index contributed by atoms with van der Waals surface area (Å²) in [5.41, 5.74) is 9.46. The van der Waals surface area contributed by atoms with Crippen LogP contribution in [0.1, 0.15) is 18.1 Å². The van der Waals surface area contributed by atoms with Crippen LogP contribution in [0.15, 0.2) is 42.5 Å². The normalized spacial score (nSPS) is 11.1. The van der Waals surface area contributed by atoms with Crippen molar-refractivity contribution in [2.45, 2.75) is 19.9 Å². The molecule has 0 spiro atoms. The molecule has 0 aliphatic carbocycles. The molecule has 0 fully saturated rings. The third kappa shape index (κ3) is 2.03. The minimum atomic E-state index is -0.336. The summed E-state index contributed by atoms with van der Waals surface area (Å²) in [6.45, 7) is 2.73. The molecule has 0 aliphatic heterocycles. The number of aryl methyl sites for hydroxylation is 1. The lowest BCUT2D eigenvalue weighted by atomic mass is 10.1. The highest BCUT2D eigenvalue weighted by Gasteiger charge is 2.12. The van der Waals surface area contributed by atoms with Gasteiger partial charge in [-0.25, -0.2) is 9.37 Å². The van der Waals surface area contributed by atoms with Crippen LogP contribution < -0.4 is 5.73 Å². The average molecular weight is 269 g/mol. The van der Waals surface area contributed by atoms with Crippen LogP contribution in [0.25, 0.3) is 11.0 Å². The molecule has 2 N–H and O–H groups in total. The number of aromatic nitrogens is 2. The van der Waals surface area contributed by atoms with Crippen molar-refractivity contribution < 1.29 is 4.39 Å².